The second-order valence-electron chi connectivity index (χ2n) is 13.5. The van der Waals surface area contributed by atoms with Crippen LogP contribution in [0.25, 0.3) is 0 Å². The summed E-state index contributed by atoms with van der Waals surface area (Å²) in [4.78, 5) is 35.0. The molecule has 5 aromatic carbocycles. The second-order valence-corrected chi connectivity index (χ2v) is 15.3. The molecule has 0 fully saturated rings. The number of fused-ring (bicyclic) bond motifs is 2. The number of nitrogens with one attached hydrogen (secondary N) is 1. The Kier molecular flexibility index (Phi) is 11.3. The summed E-state index contributed by atoms with van der Waals surface area (Å²) in [6.07, 6.45) is 1.26. The average Bonchev–Trinajstić information content (AvgIpc) is 3.38. The SMILES string of the molecule is CC1Cc2ccc(Br)cc2C(c2ccc(N)cc2)(c2ccc([N+](=O)[O-])cc2)NN1C(N)=O.CC1Cc2ccc(Br)cc2C(c2ccc(N)cc2)=NN1C(N)=O. The monoisotopic (exact) mass is 867 g/mol. The number of hydrogen-bond donors (Lipinski definition) is 5. The van der Waals surface area contributed by atoms with Crippen molar-refractivity contribution in [3.63, 3.8) is 0 Å². The Labute approximate surface area is 334 Å². The number of amides is 4. The Bertz CT molecular complexity index is 2290. The first-order chi connectivity index (χ1) is 26.2. The molecule has 0 aliphatic carbocycles. The van der Waals surface area contributed by atoms with Crippen molar-refractivity contribution in [2.24, 2.45) is 16.6 Å². The number of urea groups is 2. The Morgan fingerprint density at radius 3 is 1.85 bits per heavy atom. The van der Waals surface area contributed by atoms with Gasteiger partial charge < -0.3 is 22.9 Å². The van der Waals surface area contributed by atoms with E-state index in [2.05, 4.69) is 42.4 Å². The Morgan fingerprint density at radius 1 is 0.764 bits per heavy atom. The maximum absolute atomic E-state index is 12.5. The summed E-state index contributed by atoms with van der Waals surface area (Å²) in [6, 6.07) is 31.5. The second kappa shape index (κ2) is 15.9. The van der Waals surface area contributed by atoms with Gasteiger partial charge in [0.05, 0.1) is 22.7 Å². The zero-order valence-corrected chi connectivity index (χ0v) is 33.1. The molecule has 0 bridgehead atoms. The van der Waals surface area contributed by atoms with Crippen molar-refractivity contribution in [1.82, 2.24) is 15.4 Å². The minimum absolute atomic E-state index is 0.0237. The van der Waals surface area contributed by atoms with E-state index in [1.54, 1.807) is 24.3 Å². The molecule has 13 nitrogen and oxygen atoms in total. The molecule has 2 heterocycles. The number of hydrazine groups is 1. The number of carbonyl (C=O) groups excluding carboxylic acids is 2. The molecular formula is C40H39Br2N9O4. The van der Waals surface area contributed by atoms with Crippen LogP contribution in [0.1, 0.15) is 52.8 Å². The molecule has 5 aromatic rings. The number of non-ortho nitro benzene ring substituents is 1. The fraction of sp³-hybridized carbons (Fsp3) is 0.175. The van der Waals surface area contributed by atoms with Crippen LogP contribution in [0.4, 0.5) is 26.7 Å². The van der Waals surface area contributed by atoms with Crippen LogP contribution in [0.5, 0.6) is 0 Å². The van der Waals surface area contributed by atoms with Gasteiger partial charge in [-0.15, -0.1) is 0 Å². The van der Waals surface area contributed by atoms with Crippen molar-refractivity contribution in [2.75, 3.05) is 11.5 Å². The highest BCUT2D eigenvalue weighted by Gasteiger charge is 2.44. The van der Waals surface area contributed by atoms with Crippen LogP contribution < -0.4 is 28.4 Å². The number of anilines is 2. The molecule has 0 spiro atoms. The van der Waals surface area contributed by atoms with Crippen molar-refractivity contribution in [3.05, 3.63) is 167 Å². The molecule has 15 heteroatoms. The summed E-state index contributed by atoms with van der Waals surface area (Å²) >= 11 is 7.08. The zero-order valence-electron chi connectivity index (χ0n) is 29.9. The maximum Gasteiger partial charge on any atom is 0.335 e. The van der Waals surface area contributed by atoms with Gasteiger partial charge in [0.25, 0.3) is 5.69 Å². The molecular weight excluding hydrogens is 830 g/mol. The predicted octanol–water partition coefficient (Wildman–Crippen LogP) is 7.17. The van der Waals surface area contributed by atoms with E-state index in [-0.39, 0.29) is 17.8 Å². The summed E-state index contributed by atoms with van der Waals surface area (Å²) in [5, 5.41) is 18.6. The number of nitro groups is 1. The molecule has 2 aliphatic rings. The number of nitro benzene ring substituents is 1. The van der Waals surface area contributed by atoms with Gasteiger partial charge in [0.1, 0.15) is 5.54 Å². The predicted molar refractivity (Wildman–Crippen MR) is 221 cm³/mol. The van der Waals surface area contributed by atoms with E-state index < -0.39 is 22.5 Å². The molecule has 0 saturated heterocycles. The average molecular weight is 870 g/mol. The molecule has 4 amide bonds. The number of benzene rings is 5. The third kappa shape index (κ3) is 8.04. The highest BCUT2D eigenvalue weighted by Crippen LogP contribution is 2.43. The topological polar surface area (TPSA) is 212 Å². The minimum Gasteiger partial charge on any atom is -0.399 e. The quantitative estimate of drug-likeness (QED) is 0.0713. The summed E-state index contributed by atoms with van der Waals surface area (Å²) in [6.45, 7) is 3.85. The summed E-state index contributed by atoms with van der Waals surface area (Å²) in [5.41, 5.74) is 33.7. The summed E-state index contributed by atoms with van der Waals surface area (Å²) < 4.78 is 1.82. The summed E-state index contributed by atoms with van der Waals surface area (Å²) in [5.74, 6) is 0. The first-order valence-corrected chi connectivity index (χ1v) is 18.8. The van der Waals surface area contributed by atoms with Gasteiger partial charge >= 0.3 is 12.1 Å². The van der Waals surface area contributed by atoms with E-state index >= 15 is 0 Å². The van der Waals surface area contributed by atoms with E-state index in [9.17, 15) is 19.7 Å². The lowest BCUT2D eigenvalue weighted by atomic mass is 9.75. The molecule has 0 aromatic heterocycles. The Balaban J connectivity index is 0.000000197. The molecule has 282 valence electrons. The zero-order chi connectivity index (χ0) is 39.6. The van der Waals surface area contributed by atoms with Crippen molar-refractivity contribution < 1.29 is 14.5 Å². The molecule has 2 aliphatic heterocycles. The van der Waals surface area contributed by atoms with Crippen LogP contribution in [0.2, 0.25) is 0 Å². The number of hydrogen-bond acceptors (Lipinski definition) is 8. The highest BCUT2D eigenvalue weighted by atomic mass is 79.9. The first kappa shape index (κ1) is 38.9. The molecule has 7 rings (SSSR count). The van der Waals surface area contributed by atoms with Gasteiger partial charge in [-0.25, -0.2) is 20.0 Å². The van der Waals surface area contributed by atoms with Crippen LogP contribution in [-0.2, 0) is 18.4 Å². The number of carbonyl (C=O) groups is 2. The number of nitrogens with two attached hydrogens (primary N) is 4. The maximum atomic E-state index is 12.5. The van der Waals surface area contributed by atoms with E-state index in [4.69, 9.17) is 22.9 Å². The molecule has 9 N–H and O–H groups in total. The number of halogens is 2. The minimum atomic E-state index is -1.05. The largest absolute Gasteiger partial charge is 0.399 e. The van der Waals surface area contributed by atoms with E-state index in [0.29, 0.717) is 35.5 Å². The van der Waals surface area contributed by atoms with E-state index in [1.807, 2.05) is 86.6 Å². The van der Waals surface area contributed by atoms with Crippen LogP contribution >= 0.6 is 31.9 Å². The number of nitrogen functional groups attached to an aromatic ring is 2. The van der Waals surface area contributed by atoms with Gasteiger partial charge in [0.2, 0.25) is 0 Å². The van der Waals surface area contributed by atoms with Gasteiger partial charge in [-0.1, -0.05) is 68.3 Å². The fourth-order valence-corrected chi connectivity index (χ4v) is 7.74. The van der Waals surface area contributed by atoms with Gasteiger partial charge in [-0.05, 0) is 115 Å². The van der Waals surface area contributed by atoms with Crippen molar-refractivity contribution in [3.8, 4) is 0 Å². The number of nitrogens with zero attached hydrogens (tertiary/aromatic N) is 4. The van der Waals surface area contributed by atoms with Gasteiger partial charge in [0.15, 0.2) is 0 Å². The molecule has 0 saturated carbocycles. The lowest BCUT2D eigenvalue weighted by molar-refractivity contribution is -0.384. The highest BCUT2D eigenvalue weighted by molar-refractivity contribution is 9.10. The smallest absolute Gasteiger partial charge is 0.335 e. The number of primary amides is 2. The van der Waals surface area contributed by atoms with E-state index in [1.165, 1.54) is 22.2 Å². The lowest BCUT2D eigenvalue weighted by Gasteiger charge is -2.40. The molecule has 55 heavy (non-hydrogen) atoms. The third-order valence-corrected chi connectivity index (χ3v) is 10.7. The third-order valence-electron chi connectivity index (χ3n) is 9.69. The lowest BCUT2D eigenvalue weighted by Crippen LogP contribution is -2.58. The van der Waals surface area contributed by atoms with Gasteiger partial charge in [-0.2, -0.15) is 5.10 Å². The number of rotatable bonds is 4. The normalized spacial score (nSPS) is 19.0. The van der Waals surface area contributed by atoms with Crippen LogP contribution in [-0.4, -0.2) is 44.8 Å². The summed E-state index contributed by atoms with van der Waals surface area (Å²) in [7, 11) is 0. The molecule has 3 unspecified atom stereocenters. The van der Waals surface area contributed by atoms with Crippen molar-refractivity contribution in [2.45, 2.75) is 44.3 Å². The molecule has 3 atom stereocenters. The van der Waals surface area contributed by atoms with Crippen LogP contribution in [0.15, 0.2) is 123 Å². The van der Waals surface area contributed by atoms with Crippen LogP contribution in [0, 0.1) is 10.1 Å². The van der Waals surface area contributed by atoms with Gasteiger partial charge in [-0.3, -0.25) is 15.1 Å². The first-order valence-electron chi connectivity index (χ1n) is 17.3. The van der Waals surface area contributed by atoms with Crippen molar-refractivity contribution in [1.29, 1.82) is 0 Å². The standard InChI is InChI=1S/C23H22BrN5O3.C17H17BrN4O/c1-14-12-15-2-7-18(24)13-21(15)23(27-28(14)22(26)30,16-3-8-19(25)9-4-16)17-5-10-20(11-6-17)29(31)32;1-10-8-12-2-5-13(18)9-15(12)16(21-22(10)17(20)23)11-3-6-14(19)7-4-11/h2-11,13-14,27H,12,25H2,1H3,(H2,26,30);2-7,9-10H,8,19H2,1H3,(H2,20,23). The fourth-order valence-electron chi connectivity index (χ4n) is 7.01. The Hall–Kier alpha value is -5.77. The van der Waals surface area contributed by atoms with Crippen molar-refractivity contribution >= 4 is 66.7 Å². The van der Waals surface area contributed by atoms with E-state index in [0.717, 1.165) is 42.3 Å². The Morgan fingerprint density at radius 2 is 1.29 bits per heavy atom. The number of hydrazone groups is 1. The van der Waals surface area contributed by atoms with Gasteiger partial charge in [0, 0.05) is 43.6 Å². The van der Waals surface area contributed by atoms with Crippen LogP contribution in [0.3, 0.4) is 0 Å². The molecule has 0 radical (unpaired) electrons.